The van der Waals surface area contributed by atoms with Gasteiger partial charge in [-0.15, -0.1) is 5.73 Å². The van der Waals surface area contributed by atoms with Gasteiger partial charge in [0.15, 0.2) is 0 Å². The molecule has 2 aliphatic heterocycles. The highest BCUT2D eigenvalue weighted by Crippen LogP contribution is 2.50. The molecule has 3 rings (SSSR count). The molecule has 2 fully saturated rings. The smallest absolute Gasteiger partial charge is 0.305 e. The fourth-order valence-electron chi connectivity index (χ4n) is 4.56. The molecule has 0 radical (unpaired) electrons. The maximum absolute atomic E-state index is 11.7. The van der Waals surface area contributed by atoms with E-state index in [2.05, 4.69) is 25.8 Å². The number of rotatable bonds is 5. The molecule has 29 heavy (non-hydrogen) atoms. The number of carbonyl (C=O) groups is 2. The minimum Gasteiger partial charge on any atom is -0.462 e. The van der Waals surface area contributed by atoms with Crippen molar-refractivity contribution in [2.24, 2.45) is 11.8 Å². The summed E-state index contributed by atoms with van der Waals surface area (Å²) >= 11 is 0. The van der Waals surface area contributed by atoms with Crippen molar-refractivity contribution in [1.29, 1.82) is 0 Å². The predicted octanol–water partition coefficient (Wildman–Crippen LogP) is 3.97. The summed E-state index contributed by atoms with van der Waals surface area (Å²) in [5.74, 6) is -1.01. The van der Waals surface area contributed by atoms with Crippen molar-refractivity contribution >= 4 is 11.9 Å². The zero-order valence-corrected chi connectivity index (χ0v) is 17.4. The maximum Gasteiger partial charge on any atom is 0.305 e. The summed E-state index contributed by atoms with van der Waals surface area (Å²) in [4.78, 5) is 23.4. The Labute approximate surface area is 172 Å². The SMILES string of the molecule is C=C=CCC(OC(C)=O)C1=CO[C@H](OC(C)=O)[C@H]2C(=C)CCC3O[C@@]3(C)CC[C@H]12. The van der Waals surface area contributed by atoms with Crippen LogP contribution in [0, 0.1) is 11.8 Å². The van der Waals surface area contributed by atoms with Crippen molar-refractivity contribution in [3.05, 3.63) is 42.4 Å². The van der Waals surface area contributed by atoms with Crippen LogP contribution in [0.5, 0.6) is 0 Å². The van der Waals surface area contributed by atoms with Crippen LogP contribution < -0.4 is 0 Å². The van der Waals surface area contributed by atoms with E-state index in [1.807, 2.05) is 0 Å². The van der Waals surface area contributed by atoms with Gasteiger partial charge in [-0.1, -0.05) is 18.7 Å². The molecule has 6 nitrogen and oxygen atoms in total. The van der Waals surface area contributed by atoms with E-state index in [1.54, 1.807) is 12.3 Å². The van der Waals surface area contributed by atoms with Gasteiger partial charge in [0.05, 0.1) is 23.9 Å². The lowest BCUT2D eigenvalue weighted by Gasteiger charge is -2.40. The number of hydrogen-bond acceptors (Lipinski definition) is 6. The molecule has 0 aromatic heterocycles. The van der Waals surface area contributed by atoms with Crippen LogP contribution in [0.3, 0.4) is 0 Å². The molecule has 1 saturated carbocycles. The molecule has 0 N–H and O–H groups in total. The Morgan fingerprint density at radius 2 is 2.14 bits per heavy atom. The van der Waals surface area contributed by atoms with Crippen LogP contribution in [0.4, 0.5) is 0 Å². The summed E-state index contributed by atoms with van der Waals surface area (Å²) in [5.41, 5.74) is 4.44. The molecule has 1 aliphatic carbocycles. The van der Waals surface area contributed by atoms with Crippen LogP contribution in [0.25, 0.3) is 0 Å². The van der Waals surface area contributed by atoms with Gasteiger partial charge in [0.1, 0.15) is 6.10 Å². The van der Waals surface area contributed by atoms with Gasteiger partial charge in [-0.25, -0.2) is 0 Å². The number of hydrogen-bond donors (Lipinski definition) is 0. The van der Waals surface area contributed by atoms with E-state index in [-0.39, 0.29) is 29.5 Å². The van der Waals surface area contributed by atoms with Crippen molar-refractivity contribution in [2.75, 3.05) is 0 Å². The summed E-state index contributed by atoms with van der Waals surface area (Å²) in [5, 5.41) is 0. The molecule has 2 heterocycles. The Hall–Kier alpha value is -2.30. The van der Waals surface area contributed by atoms with E-state index < -0.39 is 18.4 Å². The second kappa shape index (κ2) is 8.60. The van der Waals surface area contributed by atoms with Crippen LogP contribution in [-0.2, 0) is 28.5 Å². The summed E-state index contributed by atoms with van der Waals surface area (Å²) in [6, 6.07) is 0. The molecule has 6 atom stereocenters. The van der Waals surface area contributed by atoms with E-state index in [4.69, 9.17) is 18.9 Å². The van der Waals surface area contributed by atoms with Gasteiger partial charge in [-0.3, -0.25) is 9.59 Å². The molecule has 158 valence electrons. The summed E-state index contributed by atoms with van der Waals surface area (Å²) in [6.45, 7) is 12.8. The van der Waals surface area contributed by atoms with Crippen molar-refractivity contribution in [3.8, 4) is 0 Å². The van der Waals surface area contributed by atoms with Crippen LogP contribution in [0.1, 0.15) is 52.9 Å². The Bertz CT molecular complexity index is 757. The standard InChI is InChI=1S/C23H30O6/c1-6-7-8-19(27-15(3)24)18-13-26-22(28-16(4)25)21-14(2)9-10-20-23(5,29-20)12-11-17(18)21/h7,13,17,19-22H,1-2,8-12H2,3-5H3/t17-,19?,20?,21+,22-,23+/m1/s1. The zero-order chi connectivity index (χ0) is 21.2. The molecule has 0 aromatic carbocycles. The van der Waals surface area contributed by atoms with Gasteiger partial charge in [0.2, 0.25) is 6.29 Å². The summed E-state index contributed by atoms with van der Waals surface area (Å²) < 4.78 is 22.9. The van der Waals surface area contributed by atoms with Crippen LogP contribution in [0.15, 0.2) is 42.4 Å². The molecule has 3 aliphatic rings. The minimum atomic E-state index is -0.732. The van der Waals surface area contributed by atoms with Gasteiger partial charge in [0.25, 0.3) is 0 Å². The Morgan fingerprint density at radius 1 is 1.38 bits per heavy atom. The fourth-order valence-corrected chi connectivity index (χ4v) is 4.56. The lowest BCUT2D eigenvalue weighted by molar-refractivity contribution is -0.181. The molecule has 1 saturated heterocycles. The van der Waals surface area contributed by atoms with Crippen LogP contribution >= 0.6 is 0 Å². The maximum atomic E-state index is 11.7. The molecular formula is C23H30O6. The first-order chi connectivity index (χ1) is 13.7. The highest BCUT2D eigenvalue weighted by atomic mass is 16.7. The Balaban J connectivity index is 1.96. The largest absolute Gasteiger partial charge is 0.462 e. The molecule has 0 aromatic rings. The number of fused-ring (bicyclic) bond motifs is 2. The molecule has 0 spiro atoms. The number of carbonyl (C=O) groups excluding carboxylic acids is 2. The third-order valence-corrected chi connectivity index (χ3v) is 6.12. The minimum absolute atomic E-state index is 0.0389. The van der Waals surface area contributed by atoms with Crippen LogP contribution in [0.2, 0.25) is 0 Å². The summed E-state index contributed by atoms with van der Waals surface area (Å²) in [6.07, 6.45) is 6.09. The quantitative estimate of drug-likeness (QED) is 0.300. The molecular weight excluding hydrogens is 372 g/mol. The summed E-state index contributed by atoms with van der Waals surface area (Å²) in [7, 11) is 0. The van der Waals surface area contributed by atoms with Gasteiger partial charge in [-0.2, -0.15) is 0 Å². The van der Waals surface area contributed by atoms with Crippen molar-refractivity contribution in [1.82, 2.24) is 0 Å². The van der Waals surface area contributed by atoms with E-state index in [0.717, 1.165) is 36.8 Å². The average Bonchev–Trinajstić information content (AvgIpc) is 3.29. The molecule has 6 heteroatoms. The first-order valence-corrected chi connectivity index (χ1v) is 10.1. The Morgan fingerprint density at radius 3 is 2.79 bits per heavy atom. The lowest BCUT2D eigenvalue weighted by Crippen LogP contribution is -2.41. The monoisotopic (exact) mass is 402 g/mol. The van der Waals surface area contributed by atoms with Gasteiger partial charge < -0.3 is 18.9 Å². The fraction of sp³-hybridized carbons (Fsp3) is 0.609. The van der Waals surface area contributed by atoms with Crippen molar-refractivity contribution in [2.45, 2.75) is 77.0 Å². The van der Waals surface area contributed by atoms with E-state index in [0.29, 0.717) is 6.42 Å². The van der Waals surface area contributed by atoms with Crippen molar-refractivity contribution in [3.63, 3.8) is 0 Å². The second-order valence-electron chi connectivity index (χ2n) is 8.26. The first kappa shape index (κ1) is 21.4. The topological polar surface area (TPSA) is 74.4 Å². The third kappa shape index (κ3) is 4.82. The highest BCUT2D eigenvalue weighted by Gasteiger charge is 2.54. The van der Waals surface area contributed by atoms with Gasteiger partial charge in [0, 0.05) is 31.8 Å². The molecule has 2 unspecified atom stereocenters. The second-order valence-corrected chi connectivity index (χ2v) is 8.26. The van der Waals surface area contributed by atoms with Gasteiger partial charge in [-0.05, 0) is 38.7 Å². The molecule has 0 amide bonds. The van der Waals surface area contributed by atoms with Gasteiger partial charge >= 0.3 is 11.9 Å². The molecule has 0 bridgehead atoms. The number of esters is 2. The Kier molecular flexibility index (Phi) is 6.35. The van der Waals surface area contributed by atoms with Crippen molar-refractivity contribution < 1.29 is 28.5 Å². The van der Waals surface area contributed by atoms with E-state index >= 15 is 0 Å². The first-order valence-electron chi connectivity index (χ1n) is 10.1. The van der Waals surface area contributed by atoms with E-state index in [1.165, 1.54) is 13.8 Å². The number of epoxide rings is 1. The van der Waals surface area contributed by atoms with Crippen LogP contribution in [-0.4, -0.2) is 36.0 Å². The third-order valence-electron chi connectivity index (χ3n) is 6.12. The highest BCUT2D eigenvalue weighted by molar-refractivity contribution is 5.67. The number of ether oxygens (including phenoxy) is 4. The lowest BCUT2D eigenvalue weighted by atomic mass is 9.74. The zero-order valence-electron chi connectivity index (χ0n) is 17.4. The average molecular weight is 402 g/mol. The normalized spacial score (nSPS) is 34.3. The van der Waals surface area contributed by atoms with E-state index in [9.17, 15) is 9.59 Å². The predicted molar refractivity (Wildman–Crippen MR) is 106 cm³/mol.